The first-order chi connectivity index (χ1) is 8.40. The number of hydrogen-bond donors (Lipinski definition) is 1. The summed E-state index contributed by atoms with van der Waals surface area (Å²) in [6.45, 7) is 8.05. The molecule has 0 saturated carbocycles. The Hall–Kier alpha value is -0.840. The molecule has 0 aliphatic carbocycles. The van der Waals surface area contributed by atoms with Crippen LogP contribution in [0.2, 0.25) is 0 Å². The molecule has 0 amide bonds. The van der Waals surface area contributed by atoms with Gasteiger partial charge in [0.05, 0.1) is 25.7 Å². The Labute approximate surface area is 103 Å². The van der Waals surface area contributed by atoms with Crippen molar-refractivity contribution in [3.8, 4) is 0 Å². The van der Waals surface area contributed by atoms with Crippen LogP contribution < -0.4 is 5.32 Å². The van der Waals surface area contributed by atoms with Crippen LogP contribution in [0.25, 0.3) is 0 Å². The number of rotatable bonds is 6. The lowest BCUT2D eigenvalue weighted by Gasteiger charge is -2.35. The predicted molar refractivity (Wildman–Crippen MR) is 66.9 cm³/mol. The van der Waals surface area contributed by atoms with Gasteiger partial charge in [0.25, 0.3) is 0 Å². The van der Waals surface area contributed by atoms with Gasteiger partial charge in [-0.2, -0.15) is 0 Å². The van der Waals surface area contributed by atoms with Gasteiger partial charge in [-0.25, -0.2) is 0 Å². The number of nitrogens with one attached hydrogen (secondary N) is 1. The molecule has 0 radical (unpaired) electrons. The first-order valence-electron chi connectivity index (χ1n) is 6.43. The van der Waals surface area contributed by atoms with Crippen molar-refractivity contribution in [2.45, 2.75) is 25.9 Å². The van der Waals surface area contributed by atoms with E-state index in [-0.39, 0.29) is 0 Å². The van der Waals surface area contributed by atoms with Crippen LogP contribution in [0, 0.1) is 0 Å². The van der Waals surface area contributed by atoms with E-state index in [2.05, 4.69) is 17.1 Å². The van der Waals surface area contributed by atoms with Gasteiger partial charge in [0, 0.05) is 37.8 Å². The molecule has 1 aliphatic rings. The van der Waals surface area contributed by atoms with Crippen LogP contribution in [0.15, 0.2) is 23.0 Å². The molecule has 1 atom stereocenters. The summed E-state index contributed by atoms with van der Waals surface area (Å²) in [5.41, 5.74) is 1.21. The Balaban J connectivity index is 1.63. The second-order valence-electron chi connectivity index (χ2n) is 4.48. The zero-order chi connectivity index (χ0) is 11.9. The van der Waals surface area contributed by atoms with E-state index in [4.69, 9.17) is 9.15 Å². The highest BCUT2D eigenvalue weighted by molar-refractivity contribution is 5.04. The first-order valence-corrected chi connectivity index (χ1v) is 6.43. The van der Waals surface area contributed by atoms with Crippen LogP contribution >= 0.6 is 0 Å². The van der Waals surface area contributed by atoms with Crippen molar-refractivity contribution < 1.29 is 9.15 Å². The first kappa shape index (κ1) is 12.6. The Morgan fingerprint density at radius 2 is 2.47 bits per heavy atom. The van der Waals surface area contributed by atoms with Gasteiger partial charge < -0.3 is 14.5 Å². The molecule has 2 rings (SSSR count). The summed E-state index contributed by atoms with van der Waals surface area (Å²) in [7, 11) is 0. The zero-order valence-corrected chi connectivity index (χ0v) is 10.5. The fraction of sp³-hybridized carbons (Fsp3) is 0.692. The highest BCUT2D eigenvalue weighted by atomic mass is 16.5. The highest BCUT2D eigenvalue weighted by Crippen LogP contribution is 2.09. The van der Waals surface area contributed by atoms with Gasteiger partial charge in [0.2, 0.25) is 0 Å². The van der Waals surface area contributed by atoms with Crippen molar-refractivity contribution in [3.63, 3.8) is 0 Å². The smallest absolute Gasteiger partial charge is 0.0947 e. The van der Waals surface area contributed by atoms with E-state index >= 15 is 0 Å². The summed E-state index contributed by atoms with van der Waals surface area (Å²) < 4.78 is 10.5. The van der Waals surface area contributed by atoms with Gasteiger partial charge >= 0.3 is 0 Å². The van der Waals surface area contributed by atoms with Gasteiger partial charge in [-0.1, -0.05) is 6.92 Å². The standard InChI is InChI=1S/C13H22N2O2/c1-2-13-11-17-8-6-15(13)5-4-14-9-12-3-7-16-10-12/h3,7,10,13-14H,2,4-6,8-9,11H2,1H3. The molecule has 1 unspecified atom stereocenters. The topological polar surface area (TPSA) is 37.6 Å². The van der Waals surface area contributed by atoms with Crippen LogP contribution in [0.4, 0.5) is 0 Å². The zero-order valence-electron chi connectivity index (χ0n) is 10.5. The van der Waals surface area contributed by atoms with E-state index in [9.17, 15) is 0 Å². The van der Waals surface area contributed by atoms with E-state index < -0.39 is 0 Å². The number of furan rings is 1. The normalized spacial score (nSPS) is 21.8. The van der Waals surface area contributed by atoms with Crippen molar-refractivity contribution in [3.05, 3.63) is 24.2 Å². The second kappa shape index (κ2) is 6.79. The molecule has 1 saturated heterocycles. The van der Waals surface area contributed by atoms with Gasteiger partial charge in [-0.3, -0.25) is 4.90 Å². The van der Waals surface area contributed by atoms with Crippen molar-refractivity contribution >= 4 is 0 Å². The van der Waals surface area contributed by atoms with Crippen LogP contribution in [-0.4, -0.2) is 43.8 Å². The third-order valence-electron chi connectivity index (χ3n) is 3.31. The Morgan fingerprint density at radius 1 is 1.53 bits per heavy atom. The van der Waals surface area contributed by atoms with Gasteiger partial charge in [0.15, 0.2) is 0 Å². The molecule has 96 valence electrons. The highest BCUT2D eigenvalue weighted by Gasteiger charge is 2.20. The minimum Gasteiger partial charge on any atom is -0.472 e. The molecular formula is C13H22N2O2. The van der Waals surface area contributed by atoms with Crippen LogP contribution in [-0.2, 0) is 11.3 Å². The minimum absolute atomic E-state index is 0.597. The van der Waals surface area contributed by atoms with Gasteiger partial charge in [0.1, 0.15) is 0 Å². The summed E-state index contributed by atoms with van der Waals surface area (Å²) in [5.74, 6) is 0. The maximum Gasteiger partial charge on any atom is 0.0947 e. The molecule has 1 fully saturated rings. The molecule has 2 heterocycles. The molecule has 17 heavy (non-hydrogen) atoms. The number of ether oxygens (including phenoxy) is 1. The van der Waals surface area contributed by atoms with Crippen molar-refractivity contribution in [2.24, 2.45) is 0 Å². The van der Waals surface area contributed by atoms with E-state index in [1.807, 2.05) is 6.07 Å². The number of morpholine rings is 1. The summed E-state index contributed by atoms with van der Waals surface area (Å²) >= 11 is 0. The molecule has 1 aromatic rings. The van der Waals surface area contributed by atoms with E-state index in [0.717, 1.165) is 39.4 Å². The molecule has 4 heteroatoms. The second-order valence-corrected chi connectivity index (χ2v) is 4.48. The molecule has 0 spiro atoms. The summed E-state index contributed by atoms with van der Waals surface area (Å²) in [4.78, 5) is 2.52. The molecular weight excluding hydrogens is 216 g/mol. The molecule has 0 aromatic carbocycles. The van der Waals surface area contributed by atoms with Gasteiger partial charge in [-0.05, 0) is 12.5 Å². The predicted octanol–water partition coefficient (Wildman–Crippen LogP) is 1.48. The summed E-state index contributed by atoms with van der Waals surface area (Å²) in [5, 5.41) is 3.44. The van der Waals surface area contributed by atoms with Crippen molar-refractivity contribution in [1.82, 2.24) is 10.2 Å². The average molecular weight is 238 g/mol. The number of nitrogens with zero attached hydrogens (tertiary/aromatic N) is 1. The van der Waals surface area contributed by atoms with E-state index in [1.54, 1.807) is 12.5 Å². The lowest BCUT2D eigenvalue weighted by atomic mass is 10.2. The molecule has 1 aromatic heterocycles. The summed E-state index contributed by atoms with van der Waals surface area (Å²) in [6, 6.07) is 2.59. The lowest BCUT2D eigenvalue weighted by molar-refractivity contribution is -0.00786. The van der Waals surface area contributed by atoms with Crippen LogP contribution in [0.3, 0.4) is 0 Å². The van der Waals surface area contributed by atoms with Crippen molar-refractivity contribution in [2.75, 3.05) is 32.8 Å². The average Bonchev–Trinajstić information content (AvgIpc) is 2.88. The fourth-order valence-corrected chi connectivity index (χ4v) is 2.21. The van der Waals surface area contributed by atoms with Crippen LogP contribution in [0.5, 0.6) is 0 Å². The SMILES string of the molecule is CCC1COCCN1CCNCc1ccoc1. The molecule has 0 bridgehead atoms. The maximum atomic E-state index is 5.49. The third kappa shape index (κ3) is 3.84. The van der Waals surface area contributed by atoms with Crippen molar-refractivity contribution in [1.29, 1.82) is 0 Å². The van der Waals surface area contributed by atoms with E-state index in [0.29, 0.717) is 6.04 Å². The van der Waals surface area contributed by atoms with Crippen LogP contribution in [0.1, 0.15) is 18.9 Å². The molecule has 4 nitrogen and oxygen atoms in total. The molecule has 1 aliphatic heterocycles. The van der Waals surface area contributed by atoms with E-state index in [1.165, 1.54) is 12.0 Å². The largest absolute Gasteiger partial charge is 0.472 e. The minimum atomic E-state index is 0.597. The fourth-order valence-electron chi connectivity index (χ4n) is 2.21. The van der Waals surface area contributed by atoms with Gasteiger partial charge in [-0.15, -0.1) is 0 Å². The number of hydrogen-bond acceptors (Lipinski definition) is 4. The monoisotopic (exact) mass is 238 g/mol. The quantitative estimate of drug-likeness (QED) is 0.762. The lowest BCUT2D eigenvalue weighted by Crippen LogP contribution is -2.47. The molecule has 1 N–H and O–H groups in total. The Morgan fingerprint density at radius 3 is 3.24 bits per heavy atom. The maximum absolute atomic E-state index is 5.49. The summed E-state index contributed by atoms with van der Waals surface area (Å²) in [6.07, 6.45) is 4.67. The Kier molecular flexibility index (Phi) is 5.04. The third-order valence-corrected chi connectivity index (χ3v) is 3.31. The Bertz CT molecular complexity index is 300.